The van der Waals surface area contributed by atoms with Gasteiger partial charge in [0.2, 0.25) is 0 Å². The van der Waals surface area contributed by atoms with E-state index >= 15 is 0 Å². The van der Waals surface area contributed by atoms with Gasteiger partial charge in [-0.2, -0.15) is 0 Å². The van der Waals surface area contributed by atoms with Crippen LogP contribution >= 0.6 is 15.9 Å². The van der Waals surface area contributed by atoms with Crippen molar-refractivity contribution >= 4 is 21.8 Å². The second kappa shape index (κ2) is 5.97. The molecule has 0 bridgehead atoms. The lowest BCUT2D eigenvalue weighted by molar-refractivity contribution is 0.0779. The molecule has 17 heavy (non-hydrogen) atoms. The third-order valence-electron chi connectivity index (χ3n) is 2.41. The molecular formula is C11H15BrN2O3. The second-order valence-electron chi connectivity index (χ2n) is 3.81. The molecule has 5 nitrogen and oxygen atoms in total. The van der Waals surface area contributed by atoms with E-state index in [2.05, 4.69) is 20.9 Å². The van der Waals surface area contributed by atoms with Crippen molar-refractivity contribution < 1.29 is 9.90 Å². The maximum atomic E-state index is 12.0. The van der Waals surface area contributed by atoms with Gasteiger partial charge in [0.1, 0.15) is 5.69 Å². The van der Waals surface area contributed by atoms with Gasteiger partial charge in [-0.15, -0.1) is 0 Å². The molecule has 1 heterocycles. The number of carbonyl (C=O) groups is 1. The standard InChI is InChI=1S/C11H15BrN2O3/c1-7-6-8(12)10(16)13-9(7)11(17)14(2)4-3-5-15/h6,15H,3-5H2,1-2H3,(H,13,16). The first-order chi connectivity index (χ1) is 7.97. The molecule has 1 aromatic rings. The Balaban J connectivity index is 2.96. The summed E-state index contributed by atoms with van der Waals surface area (Å²) in [7, 11) is 1.64. The zero-order valence-corrected chi connectivity index (χ0v) is 11.4. The molecule has 0 aromatic carbocycles. The third kappa shape index (κ3) is 3.41. The number of hydrogen-bond donors (Lipinski definition) is 2. The van der Waals surface area contributed by atoms with E-state index in [-0.39, 0.29) is 18.1 Å². The first kappa shape index (κ1) is 13.9. The van der Waals surface area contributed by atoms with Crippen molar-refractivity contribution in [1.82, 2.24) is 9.88 Å². The molecule has 0 unspecified atom stereocenters. The summed E-state index contributed by atoms with van der Waals surface area (Å²) in [5.41, 5.74) is 0.672. The predicted molar refractivity (Wildman–Crippen MR) is 68.2 cm³/mol. The molecule has 1 amide bonds. The normalized spacial score (nSPS) is 10.4. The van der Waals surface area contributed by atoms with Gasteiger partial charge in [-0.05, 0) is 40.9 Å². The summed E-state index contributed by atoms with van der Waals surface area (Å²) in [5.74, 6) is -0.249. The summed E-state index contributed by atoms with van der Waals surface area (Å²) < 4.78 is 0.407. The molecule has 0 saturated carbocycles. The Hall–Kier alpha value is -1.14. The van der Waals surface area contributed by atoms with Gasteiger partial charge in [-0.3, -0.25) is 9.59 Å². The number of hydrogen-bond acceptors (Lipinski definition) is 3. The Labute approximate surface area is 108 Å². The molecule has 1 rings (SSSR count). The van der Waals surface area contributed by atoms with Gasteiger partial charge in [0.15, 0.2) is 0 Å². The van der Waals surface area contributed by atoms with E-state index in [1.807, 2.05) is 0 Å². The Bertz CT molecular complexity index is 470. The van der Waals surface area contributed by atoms with Crippen LogP contribution in [0.15, 0.2) is 15.3 Å². The molecule has 0 fully saturated rings. The van der Waals surface area contributed by atoms with E-state index in [0.29, 0.717) is 28.7 Å². The van der Waals surface area contributed by atoms with E-state index in [4.69, 9.17) is 5.11 Å². The number of aryl methyl sites for hydroxylation is 1. The summed E-state index contributed by atoms with van der Waals surface area (Å²) in [6.45, 7) is 2.24. The van der Waals surface area contributed by atoms with Crippen molar-refractivity contribution in [3.63, 3.8) is 0 Å². The number of aliphatic hydroxyl groups excluding tert-OH is 1. The van der Waals surface area contributed by atoms with E-state index in [9.17, 15) is 9.59 Å². The van der Waals surface area contributed by atoms with Crippen molar-refractivity contribution in [2.24, 2.45) is 0 Å². The number of aromatic amines is 1. The number of nitrogens with one attached hydrogen (secondary N) is 1. The lowest BCUT2D eigenvalue weighted by Gasteiger charge is -2.17. The van der Waals surface area contributed by atoms with Crippen LogP contribution in [-0.4, -0.2) is 41.1 Å². The highest BCUT2D eigenvalue weighted by molar-refractivity contribution is 9.10. The van der Waals surface area contributed by atoms with Crippen LogP contribution in [0.5, 0.6) is 0 Å². The van der Waals surface area contributed by atoms with Crippen molar-refractivity contribution in [2.45, 2.75) is 13.3 Å². The molecule has 0 radical (unpaired) electrons. The Morgan fingerprint density at radius 3 is 2.82 bits per heavy atom. The number of nitrogens with zero attached hydrogens (tertiary/aromatic N) is 1. The number of amides is 1. The monoisotopic (exact) mass is 302 g/mol. The number of rotatable bonds is 4. The molecule has 0 aliphatic heterocycles. The average molecular weight is 303 g/mol. The molecule has 2 N–H and O–H groups in total. The summed E-state index contributed by atoms with van der Waals surface area (Å²) in [6.07, 6.45) is 0.516. The minimum Gasteiger partial charge on any atom is -0.396 e. The highest BCUT2D eigenvalue weighted by Gasteiger charge is 2.15. The first-order valence-electron chi connectivity index (χ1n) is 5.23. The van der Waals surface area contributed by atoms with Crippen molar-refractivity contribution in [2.75, 3.05) is 20.2 Å². The summed E-state index contributed by atoms with van der Waals surface area (Å²) in [5, 5.41) is 8.70. The highest BCUT2D eigenvalue weighted by atomic mass is 79.9. The zero-order chi connectivity index (χ0) is 13.0. The van der Waals surface area contributed by atoms with Crippen molar-refractivity contribution in [3.05, 3.63) is 32.2 Å². The predicted octanol–water partition coefficient (Wildman–Crippen LogP) is 0.900. The molecule has 1 aromatic heterocycles. The smallest absolute Gasteiger partial charge is 0.270 e. The summed E-state index contributed by atoms with van der Waals surface area (Å²) in [6, 6.07) is 1.62. The first-order valence-corrected chi connectivity index (χ1v) is 6.02. The van der Waals surface area contributed by atoms with E-state index < -0.39 is 0 Å². The number of aliphatic hydroxyl groups is 1. The van der Waals surface area contributed by atoms with Crippen LogP contribution in [0.3, 0.4) is 0 Å². The van der Waals surface area contributed by atoms with Gasteiger partial charge in [-0.1, -0.05) is 0 Å². The van der Waals surface area contributed by atoms with Gasteiger partial charge in [0.05, 0.1) is 4.47 Å². The molecule has 0 saturated heterocycles. The SMILES string of the molecule is Cc1cc(Br)c(=O)[nH]c1C(=O)N(C)CCCO. The topological polar surface area (TPSA) is 73.4 Å². The summed E-state index contributed by atoms with van der Waals surface area (Å²) >= 11 is 3.11. The lowest BCUT2D eigenvalue weighted by atomic mass is 10.2. The largest absolute Gasteiger partial charge is 0.396 e. The van der Waals surface area contributed by atoms with E-state index in [1.165, 1.54) is 4.90 Å². The molecule has 0 aliphatic carbocycles. The average Bonchev–Trinajstić information content (AvgIpc) is 2.29. The van der Waals surface area contributed by atoms with Gasteiger partial charge in [0, 0.05) is 20.2 Å². The van der Waals surface area contributed by atoms with Crippen molar-refractivity contribution in [1.29, 1.82) is 0 Å². The molecule has 94 valence electrons. The lowest BCUT2D eigenvalue weighted by Crippen LogP contribution is -2.31. The van der Waals surface area contributed by atoms with Gasteiger partial charge in [-0.25, -0.2) is 0 Å². The van der Waals surface area contributed by atoms with Crippen LogP contribution in [0.4, 0.5) is 0 Å². The Kier molecular flexibility index (Phi) is 4.89. The number of carbonyl (C=O) groups excluding carboxylic acids is 1. The van der Waals surface area contributed by atoms with Crippen LogP contribution in [0.2, 0.25) is 0 Å². The number of H-pyrrole nitrogens is 1. The Morgan fingerprint density at radius 1 is 1.59 bits per heavy atom. The van der Waals surface area contributed by atoms with Crippen LogP contribution in [-0.2, 0) is 0 Å². The third-order valence-corrected chi connectivity index (χ3v) is 2.99. The van der Waals surface area contributed by atoms with Crippen LogP contribution in [0, 0.1) is 6.92 Å². The van der Waals surface area contributed by atoms with Crippen LogP contribution in [0.25, 0.3) is 0 Å². The number of halogens is 1. The maximum absolute atomic E-state index is 12.0. The van der Waals surface area contributed by atoms with Gasteiger partial charge >= 0.3 is 0 Å². The fourth-order valence-corrected chi connectivity index (χ4v) is 1.86. The quantitative estimate of drug-likeness (QED) is 0.868. The van der Waals surface area contributed by atoms with Gasteiger partial charge in [0.25, 0.3) is 11.5 Å². The Morgan fingerprint density at radius 2 is 2.24 bits per heavy atom. The van der Waals surface area contributed by atoms with Gasteiger partial charge < -0.3 is 15.0 Å². The zero-order valence-electron chi connectivity index (χ0n) is 9.79. The van der Waals surface area contributed by atoms with E-state index in [0.717, 1.165) is 0 Å². The number of pyridine rings is 1. The maximum Gasteiger partial charge on any atom is 0.270 e. The fraction of sp³-hybridized carbons (Fsp3) is 0.455. The minimum absolute atomic E-state index is 0.0352. The van der Waals surface area contributed by atoms with E-state index in [1.54, 1.807) is 20.0 Å². The fourth-order valence-electron chi connectivity index (χ4n) is 1.42. The summed E-state index contributed by atoms with van der Waals surface area (Å²) in [4.78, 5) is 27.4. The van der Waals surface area contributed by atoms with Crippen molar-refractivity contribution in [3.8, 4) is 0 Å². The second-order valence-corrected chi connectivity index (χ2v) is 4.66. The molecule has 0 spiro atoms. The molecular weight excluding hydrogens is 288 g/mol. The van der Waals surface area contributed by atoms with Crippen LogP contribution in [0.1, 0.15) is 22.5 Å². The number of aromatic nitrogens is 1. The minimum atomic E-state index is -0.325. The van der Waals surface area contributed by atoms with Crippen LogP contribution < -0.4 is 5.56 Å². The molecule has 0 aliphatic rings. The molecule has 6 heteroatoms. The highest BCUT2D eigenvalue weighted by Crippen LogP contribution is 2.10. The molecule has 0 atom stereocenters.